The van der Waals surface area contributed by atoms with Gasteiger partial charge in [0.25, 0.3) is 0 Å². The lowest BCUT2D eigenvalue weighted by molar-refractivity contribution is 0.0390. The highest BCUT2D eigenvalue weighted by Gasteiger charge is 2.21. The molecule has 0 saturated heterocycles. The Bertz CT molecular complexity index is 579. The molecule has 0 radical (unpaired) electrons. The number of nitrogens with zero attached hydrogens (tertiary/aromatic N) is 2. The van der Waals surface area contributed by atoms with Crippen LogP contribution in [-0.4, -0.2) is 28.5 Å². The van der Waals surface area contributed by atoms with Crippen molar-refractivity contribution in [3.63, 3.8) is 0 Å². The van der Waals surface area contributed by atoms with Crippen molar-refractivity contribution in [1.29, 1.82) is 0 Å². The summed E-state index contributed by atoms with van der Waals surface area (Å²) in [6.07, 6.45) is 2.23. The summed E-state index contributed by atoms with van der Waals surface area (Å²) >= 11 is 0. The van der Waals surface area contributed by atoms with Crippen LogP contribution in [0.4, 0.5) is 0 Å². The Balaban J connectivity index is 1.80. The van der Waals surface area contributed by atoms with Gasteiger partial charge in [-0.25, -0.2) is 0 Å². The van der Waals surface area contributed by atoms with E-state index in [9.17, 15) is 0 Å². The summed E-state index contributed by atoms with van der Waals surface area (Å²) in [5, 5.41) is 13.0. The fourth-order valence-electron chi connectivity index (χ4n) is 2.06. The second kappa shape index (κ2) is 5.20. The van der Waals surface area contributed by atoms with Gasteiger partial charge in [-0.05, 0) is 17.7 Å². The SMILES string of the molecule is OC[C@H]1CC(c2ccc(-c3ccccn3)cc2)=NO1. The number of aliphatic hydroxyl groups is 1. The molecule has 0 spiro atoms. The molecular weight excluding hydrogens is 240 g/mol. The quantitative estimate of drug-likeness (QED) is 0.913. The molecule has 1 aliphatic rings. The fraction of sp³-hybridized carbons (Fsp3) is 0.200. The van der Waals surface area contributed by atoms with Gasteiger partial charge in [-0.2, -0.15) is 0 Å². The number of hydrogen-bond donors (Lipinski definition) is 1. The summed E-state index contributed by atoms with van der Waals surface area (Å²) in [5.74, 6) is 0. The molecule has 0 saturated carbocycles. The van der Waals surface area contributed by atoms with Crippen LogP contribution in [-0.2, 0) is 4.84 Å². The van der Waals surface area contributed by atoms with Gasteiger partial charge in [0.05, 0.1) is 18.0 Å². The molecule has 0 amide bonds. The van der Waals surface area contributed by atoms with E-state index in [2.05, 4.69) is 10.1 Å². The van der Waals surface area contributed by atoms with Gasteiger partial charge >= 0.3 is 0 Å². The van der Waals surface area contributed by atoms with Crippen molar-refractivity contribution in [2.24, 2.45) is 5.16 Å². The molecule has 0 bridgehead atoms. The number of benzene rings is 1. The molecule has 1 N–H and O–H groups in total. The average Bonchev–Trinajstić information content (AvgIpc) is 2.97. The van der Waals surface area contributed by atoms with E-state index in [1.165, 1.54) is 0 Å². The third-order valence-corrected chi connectivity index (χ3v) is 3.12. The van der Waals surface area contributed by atoms with Gasteiger partial charge in [-0.15, -0.1) is 0 Å². The van der Waals surface area contributed by atoms with Gasteiger partial charge in [0.15, 0.2) is 6.10 Å². The zero-order valence-corrected chi connectivity index (χ0v) is 10.4. The molecule has 0 unspecified atom stereocenters. The molecule has 1 aromatic heterocycles. The number of rotatable bonds is 3. The van der Waals surface area contributed by atoms with E-state index in [1.807, 2.05) is 42.5 Å². The van der Waals surface area contributed by atoms with E-state index in [4.69, 9.17) is 9.94 Å². The maximum atomic E-state index is 9.02. The predicted molar refractivity (Wildman–Crippen MR) is 72.8 cm³/mol. The molecule has 19 heavy (non-hydrogen) atoms. The molecule has 0 aliphatic carbocycles. The van der Waals surface area contributed by atoms with Crippen molar-refractivity contribution in [1.82, 2.24) is 4.98 Å². The molecule has 3 rings (SSSR count). The first kappa shape index (κ1) is 11.9. The lowest BCUT2D eigenvalue weighted by Gasteiger charge is -2.03. The van der Waals surface area contributed by atoms with E-state index in [0.717, 1.165) is 22.5 Å². The minimum absolute atomic E-state index is 0.000973. The van der Waals surface area contributed by atoms with Crippen molar-refractivity contribution in [2.75, 3.05) is 6.61 Å². The Morgan fingerprint density at radius 1 is 1.11 bits per heavy atom. The molecular formula is C15H14N2O2. The standard InChI is InChI=1S/C15H14N2O2/c18-10-13-9-15(17-19-13)12-6-4-11(5-7-12)14-3-1-2-8-16-14/h1-8,13,18H,9-10H2/t13-/m1/s1. The topological polar surface area (TPSA) is 54.7 Å². The van der Waals surface area contributed by atoms with Gasteiger partial charge in [0, 0.05) is 18.2 Å². The molecule has 4 heteroatoms. The monoisotopic (exact) mass is 254 g/mol. The Kier molecular flexibility index (Phi) is 3.25. The second-order valence-corrected chi connectivity index (χ2v) is 4.44. The minimum Gasteiger partial charge on any atom is -0.392 e. The summed E-state index contributed by atoms with van der Waals surface area (Å²) < 4.78 is 0. The van der Waals surface area contributed by atoms with Gasteiger partial charge in [0.2, 0.25) is 0 Å². The largest absolute Gasteiger partial charge is 0.392 e. The van der Waals surface area contributed by atoms with Crippen LogP contribution < -0.4 is 0 Å². The molecule has 2 heterocycles. The summed E-state index contributed by atoms with van der Waals surface area (Å²) in [5.41, 5.74) is 3.93. The maximum absolute atomic E-state index is 9.02. The average molecular weight is 254 g/mol. The first-order chi connectivity index (χ1) is 9.36. The van der Waals surface area contributed by atoms with Crippen LogP contribution >= 0.6 is 0 Å². The Labute approximate surface area is 111 Å². The third kappa shape index (κ3) is 2.48. The van der Waals surface area contributed by atoms with Gasteiger partial charge in [-0.1, -0.05) is 35.5 Å². The number of aliphatic hydroxyl groups excluding tert-OH is 1. The highest BCUT2D eigenvalue weighted by molar-refractivity contribution is 6.01. The molecule has 1 atom stereocenters. The van der Waals surface area contributed by atoms with Crippen LogP contribution in [0.5, 0.6) is 0 Å². The number of oxime groups is 1. The van der Waals surface area contributed by atoms with Crippen LogP contribution in [0.3, 0.4) is 0 Å². The Hall–Kier alpha value is -2.20. The molecule has 4 nitrogen and oxygen atoms in total. The van der Waals surface area contributed by atoms with Crippen LogP contribution in [0.2, 0.25) is 0 Å². The van der Waals surface area contributed by atoms with E-state index in [0.29, 0.717) is 6.42 Å². The predicted octanol–water partition coefficient (Wildman–Crippen LogP) is 2.23. The van der Waals surface area contributed by atoms with Crippen molar-refractivity contribution in [3.8, 4) is 11.3 Å². The zero-order valence-electron chi connectivity index (χ0n) is 10.4. The highest BCUT2D eigenvalue weighted by Crippen LogP contribution is 2.20. The summed E-state index contributed by atoms with van der Waals surface area (Å²) in [4.78, 5) is 9.42. The summed E-state index contributed by atoms with van der Waals surface area (Å²) in [6, 6.07) is 13.9. The molecule has 96 valence electrons. The molecule has 1 aliphatic heterocycles. The van der Waals surface area contributed by atoms with E-state index in [-0.39, 0.29) is 12.7 Å². The smallest absolute Gasteiger partial charge is 0.156 e. The Morgan fingerprint density at radius 2 is 1.89 bits per heavy atom. The molecule has 0 fully saturated rings. The summed E-state index contributed by atoms with van der Waals surface area (Å²) in [7, 11) is 0. The number of pyridine rings is 1. The van der Waals surface area contributed by atoms with Crippen molar-refractivity contribution in [2.45, 2.75) is 12.5 Å². The van der Waals surface area contributed by atoms with Crippen LogP contribution in [0.15, 0.2) is 53.8 Å². The first-order valence-corrected chi connectivity index (χ1v) is 6.22. The molecule has 1 aromatic carbocycles. The van der Waals surface area contributed by atoms with Crippen LogP contribution in [0.1, 0.15) is 12.0 Å². The van der Waals surface area contributed by atoms with Crippen molar-refractivity contribution < 1.29 is 9.94 Å². The van der Waals surface area contributed by atoms with E-state index < -0.39 is 0 Å². The molecule has 2 aromatic rings. The zero-order chi connectivity index (χ0) is 13.1. The van der Waals surface area contributed by atoms with Crippen molar-refractivity contribution >= 4 is 5.71 Å². The lowest BCUT2D eigenvalue weighted by atomic mass is 10.0. The summed E-state index contributed by atoms with van der Waals surface area (Å²) in [6.45, 7) is -0.000973. The number of hydrogen-bond acceptors (Lipinski definition) is 4. The van der Waals surface area contributed by atoms with E-state index in [1.54, 1.807) is 6.20 Å². The first-order valence-electron chi connectivity index (χ1n) is 6.22. The Morgan fingerprint density at radius 3 is 2.53 bits per heavy atom. The lowest BCUT2D eigenvalue weighted by Crippen LogP contribution is -2.12. The van der Waals surface area contributed by atoms with Gasteiger partial charge in [0.1, 0.15) is 0 Å². The maximum Gasteiger partial charge on any atom is 0.156 e. The third-order valence-electron chi connectivity index (χ3n) is 3.12. The normalized spacial score (nSPS) is 17.9. The number of aromatic nitrogens is 1. The van der Waals surface area contributed by atoms with E-state index >= 15 is 0 Å². The minimum atomic E-state index is -0.203. The van der Waals surface area contributed by atoms with Crippen molar-refractivity contribution in [3.05, 3.63) is 54.2 Å². The fourth-order valence-corrected chi connectivity index (χ4v) is 2.06. The van der Waals surface area contributed by atoms with Gasteiger partial charge < -0.3 is 9.94 Å². The van der Waals surface area contributed by atoms with Gasteiger partial charge in [-0.3, -0.25) is 4.98 Å². The highest BCUT2D eigenvalue weighted by atomic mass is 16.6. The second-order valence-electron chi connectivity index (χ2n) is 4.44. The van der Waals surface area contributed by atoms with Crippen LogP contribution in [0.25, 0.3) is 11.3 Å². The van der Waals surface area contributed by atoms with Crippen LogP contribution in [0, 0.1) is 0 Å².